The zero-order valence-corrected chi connectivity index (χ0v) is 10.6. The van der Waals surface area contributed by atoms with Crippen LogP contribution >= 0.6 is 0 Å². The number of aliphatic hydroxyl groups excluding tert-OH is 1. The van der Waals surface area contributed by atoms with Crippen molar-refractivity contribution in [3.63, 3.8) is 0 Å². The summed E-state index contributed by atoms with van der Waals surface area (Å²) in [7, 11) is 1.72. The molecule has 1 amide bonds. The molecule has 0 saturated heterocycles. The van der Waals surface area contributed by atoms with Crippen LogP contribution in [0.4, 0.5) is 5.69 Å². The number of anilines is 1. The standard InChI is InChI=1S/C12H20N4O2/c1-16-7-8(13)11(15-16)12(18)14-9-5-3-2-4-6-10(9)17/h7,9-10,17H,2-6,13H2,1H3,(H,14,18). The molecular formula is C12H20N4O2. The normalized spacial score (nSPS) is 24.6. The maximum atomic E-state index is 12.0. The second-order valence-corrected chi connectivity index (χ2v) is 4.89. The molecule has 6 nitrogen and oxygen atoms in total. The molecule has 1 heterocycles. The van der Waals surface area contributed by atoms with Crippen molar-refractivity contribution >= 4 is 11.6 Å². The predicted octanol–water partition coefficient (Wildman–Crippen LogP) is 0.426. The van der Waals surface area contributed by atoms with E-state index < -0.39 is 6.10 Å². The summed E-state index contributed by atoms with van der Waals surface area (Å²) in [5, 5.41) is 16.8. The average Bonchev–Trinajstić information content (AvgIpc) is 2.52. The van der Waals surface area contributed by atoms with Crippen LogP contribution in [0.25, 0.3) is 0 Å². The summed E-state index contributed by atoms with van der Waals surface area (Å²) in [6.45, 7) is 0. The van der Waals surface area contributed by atoms with Gasteiger partial charge in [-0.1, -0.05) is 19.3 Å². The maximum absolute atomic E-state index is 12.0. The molecule has 2 unspecified atom stereocenters. The van der Waals surface area contributed by atoms with Gasteiger partial charge in [-0.15, -0.1) is 0 Å². The van der Waals surface area contributed by atoms with Gasteiger partial charge in [0.2, 0.25) is 0 Å². The van der Waals surface area contributed by atoms with Crippen LogP contribution in [-0.2, 0) is 7.05 Å². The van der Waals surface area contributed by atoms with E-state index in [2.05, 4.69) is 10.4 Å². The molecule has 1 aliphatic rings. The lowest BCUT2D eigenvalue weighted by molar-refractivity contribution is 0.0814. The highest BCUT2D eigenvalue weighted by Crippen LogP contribution is 2.19. The number of amides is 1. The highest BCUT2D eigenvalue weighted by Gasteiger charge is 2.25. The van der Waals surface area contributed by atoms with Crippen molar-refractivity contribution in [3.05, 3.63) is 11.9 Å². The first-order chi connectivity index (χ1) is 8.58. The lowest BCUT2D eigenvalue weighted by atomic mass is 10.1. The molecule has 0 aromatic carbocycles. The number of nitrogens with zero attached hydrogens (tertiary/aromatic N) is 2. The Morgan fingerprint density at radius 1 is 1.50 bits per heavy atom. The Balaban J connectivity index is 2.04. The van der Waals surface area contributed by atoms with E-state index in [0.717, 1.165) is 32.1 Å². The topological polar surface area (TPSA) is 93.2 Å². The van der Waals surface area contributed by atoms with Crippen LogP contribution in [0.15, 0.2) is 6.20 Å². The van der Waals surface area contributed by atoms with Gasteiger partial charge in [-0.25, -0.2) is 0 Å². The van der Waals surface area contributed by atoms with E-state index in [1.807, 2.05) is 0 Å². The van der Waals surface area contributed by atoms with Crippen LogP contribution in [0.2, 0.25) is 0 Å². The van der Waals surface area contributed by atoms with Gasteiger partial charge in [0.1, 0.15) is 0 Å². The van der Waals surface area contributed by atoms with Gasteiger partial charge in [0.05, 0.1) is 17.8 Å². The Morgan fingerprint density at radius 3 is 2.89 bits per heavy atom. The van der Waals surface area contributed by atoms with Gasteiger partial charge < -0.3 is 16.2 Å². The number of carbonyl (C=O) groups excluding carboxylic acids is 1. The van der Waals surface area contributed by atoms with Crippen molar-refractivity contribution in [1.82, 2.24) is 15.1 Å². The van der Waals surface area contributed by atoms with E-state index in [-0.39, 0.29) is 17.6 Å². The molecule has 6 heteroatoms. The fourth-order valence-electron chi connectivity index (χ4n) is 2.38. The lowest BCUT2D eigenvalue weighted by Gasteiger charge is -2.21. The number of aliphatic hydroxyl groups is 1. The summed E-state index contributed by atoms with van der Waals surface area (Å²) in [4.78, 5) is 12.0. The summed E-state index contributed by atoms with van der Waals surface area (Å²) in [5.74, 6) is -0.306. The van der Waals surface area contributed by atoms with Crippen molar-refractivity contribution in [3.8, 4) is 0 Å². The van der Waals surface area contributed by atoms with E-state index in [1.165, 1.54) is 4.68 Å². The zero-order chi connectivity index (χ0) is 13.1. The summed E-state index contributed by atoms with van der Waals surface area (Å²) >= 11 is 0. The third-order valence-electron chi connectivity index (χ3n) is 3.37. The molecule has 2 rings (SSSR count). The highest BCUT2D eigenvalue weighted by molar-refractivity contribution is 5.97. The Kier molecular flexibility index (Phi) is 3.86. The molecule has 1 aromatic rings. The number of carbonyl (C=O) groups is 1. The fraction of sp³-hybridized carbons (Fsp3) is 0.667. The quantitative estimate of drug-likeness (QED) is 0.665. The minimum Gasteiger partial charge on any atom is -0.396 e. The third-order valence-corrected chi connectivity index (χ3v) is 3.37. The summed E-state index contributed by atoms with van der Waals surface area (Å²) in [6.07, 6.45) is 5.82. The number of hydrogen-bond donors (Lipinski definition) is 3. The number of rotatable bonds is 2. The Labute approximate surface area is 106 Å². The van der Waals surface area contributed by atoms with Gasteiger partial charge in [-0.05, 0) is 12.8 Å². The Hall–Kier alpha value is -1.56. The number of aromatic nitrogens is 2. The van der Waals surface area contributed by atoms with E-state index in [1.54, 1.807) is 13.2 Å². The van der Waals surface area contributed by atoms with Gasteiger partial charge in [-0.2, -0.15) is 5.10 Å². The monoisotopic (exact) mass is 252 g/mol. The molecule has 100 valence electrons. The zero-order valence-electron chi connectivity index (χ0n) is 10.6. The number of nitrogens with two attached hydrogens (primary N) is 1. The first kappa shape index (κ1) is 12.9. The van der Waals surface area contributed by atoms with Gasteiger partial charge in [0.25, 0.3) is 5.91 Å². The largest absolute Gasteiger partial charge is 0.396 e. The smallest absolute Gasteiger partial charge is 0.274 e. The van der Waals surface area contributed by atoms with Crippen molar-refractivity contribution in [1.29, 1.82) is 0 Å². The molecule has 18 heavy (non-hydrogen) atoms. The van der Waals surface area contributed by atoms with Crippen LogP contribution in [-0.4, -0.2) is 32.9 Å². The van der Waals surface area contributed by atoms with Crippen LogP contribution in [0.1, 0.15) is 42.6 Å². The first-order valence-electron chi connectivity index (χ1n) is 6.36. The molecule has 0 radical (unpaired) electrons. The SMILES string of the molecule is Cn1cc(N)c(C(=O)NC2CCCCCC2O)n1. The van der Waals surface area contributed by atoms with Crippen molar-refractivity contribution < 1.29 is 9.90 Å². The van der Waals surface area contributed by atoms with E-state index in [0.29, 0.717) is 5.69 Å². The number of nitrogen functional groups attached to an aromatic ring is 1. The Bertz CT molecular complexity index is 430. The van der Waals surface area contributed by atoms with Crippen LogP contribution in [0.3, 0.4) is 0 Å². The molecule has 1 aliphatic carbocycles. The van der Waals surface area contributed by atoms with Crippen LogP contribution < -0.4 is 11.1 Å². The van der Waals surface area contributed by atoms with Crippen molar-refractivity contribution in [2.75, 3.05) is 5.73 Å². The fourth-order valence-corrected chi connectivity index (χ4v) is 2.38. The van der Waals surface area contributed by atoms with Gasteiger partial charge in [-0.3, -0.25) is 9.48 Å². The minimum absolute atomic E-state index is 0.193. The van der Waals surface area contributed by atoms with Gasteiger partial charge >= 0.3 is 0 Å². The summed E-state index contributed by atoms with van der Waals surface area (Å²) in [5.41, 5.74) is 6.30. The first-order valence-corrected chi connectivity index (χ1v) is 6.36. The summed E-state index contributed by atoms with van der Waals surface area (Å²) in [6, 6.07) is -0.193. The van der Waals surface area contributed by atoms with Crippen LogP contribution in [0.5, 0.6) is 0 Å². The number of aryl methyl sites for hydroxylation is 1. The van der Waals surface area contributed by atoms with Gasteiger partial charge in [0, 0.05) is 13.2 Å². The molecule has 1 aromatic heterocycles. The molecule has 0 aliphatic heterocycles. The molecule has 2 atom stereocenters. The highest BCUT2D eigenvalue weighted by atomic mass is 16.3. The second kappa shape index (κ2) is 5.39. The molecule has 1 fully saturated rings. The summed E-state index contributed by atoms with van der Waals surface area (Å²) < 4.78 is 1.51. The second-order valence-electron chi connectivity index (χ2n) is 4.89. The van der Waals surface area contributed by atoms with Gasteiger partial charge in [0.15, 0.2) is 5.69 Å². The lowest BCUT2D eigenvalue weighted by Crippen LogP contribution is -2.43. The molecular weight excluding hydrogens is 232 g/mol. The minimum atomic E-state index is -0.471. The van der Waals surface area contributed by atoms with E-state index >= 15 is 0 Å². The average molecular weight is 252 g/mol. The van der Waals surface area contributed by atoms with Crippen LogP contribution in [0, 0.1) is 0 Å². The molecule has 0 bridgehead atoms. The Morgan fingerprint density at radius 2 is 2.22 bits per heavy atom. The predicted molar refractivity (Wildman–Crippen MR) is 68.0 cm³/mol. The molecule has 4 N–H and O–H groups in total. The maximum Gasteiger partial charge on any atom is 0.274 e. The third kappa shape index (κ3) is 2.81. The number of hydrogen-bond acceptors (Lipinski definition) is 4. The van der Waals surface area contributed by atoms with E-state index in [9.17, 15) is 9.90 Å². The van der Waals surface area contributed by atoms with E-state index in [4.69, 9.17) is 5.73 Å². The van der Waals surface area contributed by atoms with Crippen molar-refractivity contribution in [2.45, 2.75) is 44.2 Å². The number of nitrogens with one attached hydrogen (secondary N) is 1. The molecule has 0 spiro atoms. The van der Waals surface area contributed by atoms with Crippen molar-refractivity contribution in [2.24, 2.45) is 7.05 Å². The molecule has 1 saturated carbocycles.